The van der Waals surface area contributed by atoms with Crippen molar-refractivity contribution in [3.05, 3.63) is 29.3 Å². The van der Waals surface area contributed by atoms with E-state index in [9.17, 15) is 9.18 Å². The zero-order chi connectivity index (χ0) is 9.14. The van der Waals surface area contributed by atoms with Gasteiger partial charge in [-0.05, 0) is 12.5 Å². The van der Waals surface area contributed by atoms with E-state index in [-0.39, 0.29) is 11.1 Å². The summed E-state index contributed by atoms with van der Waals surface area (Å²) in [6.45, 7) is 1.74. The van der Waals surface area contributed by atoms with Gasteiger partial charge < -0.3 is 5.73 Å². The maximum atomic E-state index is 12.9. The van der Waals surface area contributed by atoms with Gasteiger partial charge in [0.05, 0.1) is 0 Å². The molecule has 3 nitrogen and oxygen atoms in total. The van der Waals surface area contributed by atoms with Crippen molar-refractivity contribution in [1.29, 1.82) is 0 Å². The summed E-state index contributed by atoms with van der Waals surface area (Å²) in [5, 5.41) is 0. The molecule has 64 valence electrons. The molecular weight excluding hydrogens is 159 g/mol. The molecule has 0 aromatic carbocycles. The van der Waals surface area contributed by atoms with E-state index in [2.05, 4.69) is 4.98 Å². The molecule has 0 fully saturated rings. The van der Waals surface area contributed by atoms with Crippen LogP contribution < -0.4 is 5.73 Å². The number of pyridine rings is 1. The Morgan fingerprint density at radius 2 is 2.42 bits per heavy atom. The molecule has 0 unspecified atom stereocenters. The second-order valence-corrected chi connectivity index (χ2v) is 2.35. The van der Waals surface area contributed by atoms with E-state index in [1.807, 2.05) is 0 Å². The minimum Gasteiger partial charge on any atom is -0.366 e. The number of aromatic nitrogens is 1. The molecule has 0 atom stereocenters. The lowest BCUT2D eigenvalue weighted by Gasteiger charge is -2.02. The number of carbonyl (C=O) groups is 1. The monoisotopic (exact) mass is 168 g/mol. The smallest absolute Gasteiger partial charge is 0.249 e. The van der Waals surface area contributed by atoms with Gasteiger partial charge in [-0.1, -0.05) is 6.92 Å². The van der Waals surface area contributed by atoms with Crippen LogP contribution in [0, 0.1) is 5.95 Å². The van der Waals surface area contributed by atoms with Crippen LogP contribution in [0.5, 0.6) is 0 Å². The number of carbonyl (C=O) groups excluding carboxylic acids is 1. The largest absolute Gasteiger partial charge is 0.366 e. The van der Waals surface area contributed by atoms with Crippen LogP contribution >= 0.6 is 0 Å². The highest BCUT2D eigenvalue weighted by Gasteiger charge is 2.10. The van der Waals surface area contributed by atoms with Crippen LogP contribution in [0.25, 0.3) is 0 Å². The highest BCUT2D eigenvalue weighted by atomic mass is 19.1. The molecule has 4 heteroatoms. The number of amides is 1. The average Bonchev–Trinajstić information content (AvgIpc) is 2.03. The first kappa shape index (κ1) is 8.64. The van der Waals surface area contributed by atoms with Crippen LogP contribution in [-0.2, 0) is 6.42 Å². The summed E-state index contributed by atoms with van der Waals surface area (Å²) in [5.74, 6) is -1.23. The first-order valence-corrected chi connectivity index (χ1v) is 3.60. The van der Waals surface area contributed by atoms with Crippen molar-refractivity contribution < 1.29 is 9.18 Å². The summed E-state index contributed by atoms with van der Waals surface area (Å²) in [5.41, 5.74) is 5.52. The molecule has 0 spiro atoms. The SMILES string of the molecule is CCc1c(C(N)=O)ccnc1F. The first-order chi connectivity index (χ1) is 5.66. The molecule has 0 aliphatic heterocycles. The molecule has 12 heavy (non-hydrogen) atoms. The summed E-state index contributed by atoms with van der Waals surface area (Å²) in [6, 6.07) is 1.42. The Balaban J connectivity index is 3.27. The Labute approximate surface area is 69.4 Å². The van der Waals surface area contributed by atoms with Crippen molar-refractivity contribution in [3.8, 4) is 0 Å². The van der Waals surface area contributed by atoms with Crippen LogP contribution in [0.2, 0.25) is 0 Å². The zero-order valence-corrected chi connectivity index (χ0v) is 6.67. The number of halogens is 1. The van der Waals surface area contributed by atoms with Crippen molar-refractivity contribution in [2.45, 2.75) is 13.3 Å². The minimum atomic E-state index is -0.617. The van der Waals surface area contributed by atoms with Gasteiger partial charge >= 0.3 is 0 Å². The van der Waals surface area contributed by atoms with Gasteiger partial charge in [-0.3, -0.25) is 4.79 Å². The first-order valence-electron chi connectivity index (χ1n) is 3.60. The van der Waals surface area contributed by atoms with E-state index in [0.29, 0.717) is 6.42 Å². The third kappa shape index (κ3) is 1.42. The van der Waals surface area contributed by atoms with Gasteiger partial charge in [0.1, 0.15) is 0 Å². The standard InChI is InChI=1S/C8H9FN2O/c1-2-5-6(8(10)12)3-4-11-7(5)9/h3-4H,2H2,1H3,(H2,10,12). The van der Waals surface area contributed by atoms with Crippen LogP contribution in [0.3, 0.4) is 0 Å². The fraction of sp³-hybridized carbons (Fsp3) is 0.250. The molecule has 1 aromatic rings. The minimum absolute atomic E-state index is 0.213. The van der Waals surface area contributed by atoms with Crippen molar-refractivity contribution in [1.82, 2.24) is 4.98 Å². The predicted molar refractivity (Wildman–Crippen MR) is 42.1 cm³/mol. The number of rotatable bonds is 2. The van der Waals surface area contributed by atoms with Crippen LogP contribution in [-0.4, -0.2) is 10.9 Å². The summed E-state index contributed by atoms with van der Waals surface area (Å²) >= 11 is 0. The molecule has 0 saturated carbocycles. The maximum Gasteiger partial charge on any atom is 0.249 e. The van der Waals surface area contributed by atoms with Crippen molar-refractivity contribution in [2.75, 3.05) is 0 Å². The quantitative estimate of drug-likeness (QED) is 0.666. The molecule has 0 bridgehead atoms. The Morgan fingerprint density at radius 3 is 2.83 bits per heavy atom. The third-order valence-corrected chi connectivity index (χ3v) is 1.62. The Kier molecular flexibility index (Phi) is 2.38. The van der Waals surface area contributed by atoms with Gasteiger partial charge in [-0.2, -0.15) is 4.39 Å². The molecule has 1 rings (SSSR count). The van der Waals surface area contributed by atoms with Crippen molar-refractivity contribution in [3.63, 3.8) is 0 Å². The summed E-state index contributed by atoms with van der Waals surface area (Å²) in [6.07, 6.45) is 1.65. The average molecular weight is 168 g/mol. The number of hydrogen-bond donors (Lipinski definition) is 1. The topological polar surface area (TPSA) is 56.0 Å². The second-order valence-electron chi connectivity index (χ2n) is 2.35. The van der Waals surface area contributed by atoms with Gasteiger partial charge in [-0.25, -0.2) is 4.98 Å². The number of nitrogens with two attached hydrogens (primary N) is 1. The normalized spacial score (nSPS) is 9.83. The van der Waals surface area contributed by atoms with Crippen LogP contribution in [0.4, 0.5) is 4.39 Å². The molecular formula is C8H9FN2O. The van der Waals surface area contributed by atoms with Crippen LogP contribution in [0.1, 0.15) is 22.8 Å². The van der Waals surface area contributed by atoms with Gasteiger partial charge in [-0.15, -0.1) is 0 Å². The summed E-state index contributed by atoms with van der Waals surface area (Å²) in [7, 11) is 0. The predicted octanol–water partition coefficient (Wildman–Crippen LogP) is 0.882. The van der Waals surface area contributed by atoms with Crippen molar-refractivity contribution in [2.24, 2.45) is 5.73 Å². The van der Waals surface area contributed by atoms with E-state index in [1.54, 1.807) is 6.92 Å². The Morgan fingerprint density at radius 1 is 1.75 bits per heavy atom. The lowest BCUT2D eigenvalue weighted by Crippen LogP contribution is -2.15. The molecule has 2 N–H and O–H groups in total. The fourth-order valence-corrected chi connectivity index (χ4v) is 1.03. The molecule has 1 heterocycles. The van der Waals surface area contributed by atoms with E-state index in [0.717, 1.165) is 0 Å². The lowest BCUT2D eigenvalue weighted by atomic mass is 10.1. The van der Waals surface area contributed by atoms with Gasteiger partial charge in [0.2, 0.25) is 11.9 Å². The van der Waals surface area contributed by atoms with E-state index in [4.69, 9.17) is 5.73 Å². The van der Waals surface area contributed by atoms with E-state index in [1.165, 1.54) is 12.3 Å². The number of hydrogen-bond acceptors (Lipinski definition) is 2. The van der Waals surface area contributed by atoms with E-state index >= 15 is 0 Å². The Hall–Kier alpha value is -1.45. The summed E-state index contributed by atoms with van der Waals surface area (Å²) in [4.78, 5) is 14.2. The number of primary amides is 1. The molecule has 1 aromatic heterocycles. The zero-order valence-electron chi connectivity index (χ0n) is 6.67. The molecule has 1 amide bonds. The number of nitrogens with zero attached hydrogens (tertiary/aromatic N) is 1. The van der Waals surface area contributed by atoms with E-state index < -0.39 is 11.9 Å². The van der Waals surface area contributed by atoms with Gasteiger partial charge in [0, 0.05) is 17.3 Å². The summed E-state index contributed by atoms with van der Waals surface area (Å²) < 4.78 is 12.9. The fourth-order valence-electron chi connectivity index (χ4n) is 1.03. The van der Waals surface area contributed by atoms with Crippen molar-refractivity contribution >= 4 is 5.91 Å². The maximum absolute atomic E-state index is 12.9. The molecule has 0 aliphatic rings. The molecule has 0 aliphatic carbocycles. The molecule has 0 saturated heterocycles. The molecule has 0 radical (unpaired) electrons. The van der Waals surface area contributed by atoms with Crippen LogP contribution in [0.15, 0.2) is 12.3 Å². The lowest BCUT2D eigenvalue weighted by molar-refractivity contribution is 0.0998. The Bertz CT molecular complexity index is 312. The highest BCUT2D eigenvalue weighted by Crippen LogP contribution is 2.10. The second kappa shape index (κ2) is 3.30. The third-order valence-electron chi connectivity index (χ3n) is 1.62. The highest BCUT2D eigenvalue weighted by molar-refractivity contribution is 5.94. The van der Waals surface area contributed by atoms with Gasteiger partial charge in [0.15, 0.2) is 0 Å². The van der Waals surface area contributed by atoms with Gasteiger partial charge in [0.25, 0.3) is 0 Å².